The molecule has 236 valence electrons. The number of ether oxygens (including phenoxy) is 2. The fourth-order valence-corrected chi connectivity index (χ4v) is 4.86. The molecule has 4 rings (SSSR count). The van der Waals surface area contributed by atoms with Gasteiger partial charge in [-0.1, -0.05) is 51.1 Å². The van der Waals surface area contributed by atoms with Crippen molar-refractivity contribution in [2.45, 2.75) is 58.5 Å². The summed E-state index contributed by atoms with van der Waals surface area (Å²) in [6.45, 7) is 13.1. The molecule has 2 fully saturated rings. The van der Waals surface area contributed by atoms with Crippen LogP contribution in [0, 0.1) is 5.41 Å². The van der Waals surface area contributed by atoms with Gasteiger partial charge in [0, 0.05) is 56.2 Å². The van der Waals surface area contributed by atoms with Gasteiger partial charge in [0.1, 0.15) is 17.3 Å². The van der Waals surface area contributed by atoms with Crippen LogP contribution in [0.2, 0.25) is 0 Å². The number of carbonyl (C=O) groups is 1. The third kappa shape index (κ3) is 10.8. The van der Waals surface area contributed by atoms with Gasteiger partial charge >= 0.3 is 0 Å². The SMILES string of the molecule is C=CNC(=NC1CCN(C(=O)/C=C/CNC2CCOCC2)C1)/C(C(=N)c1ccc(Oc2ccccc2)cc1)=C(\C)N.CCC. The molecule has 0 saturated carbocycles. The highest BCUT2D eigenvalue weighted by Gasteiger charge is 2.26. The van der Waals surface area contributed by atoms with E-state index in [2.05, 4.69) is 31.1 Å². The number of nitrogens with zero attached hydrogens (tertiary/aromatic N) is 2. The number of hydrogen-bond donors (Lipinski definition) is 4. The first-order valence-corrected chi connectivity index (χ1v) is 15.5. The maximum atomic E-state index is 12.8. The lowest BCUT2D eigenvalue weighted by Crippen LogP contribution is -2.35. The Bertz CT molecular complexity index is 1290. The van der Waals surface area contributed by atoms with E-state index in [1.807, 2.05) is 60.7 Å². The summed E-state index contributed by atoms with van der Waals surface area (Å²) < 4.78 is 11.3. The van der Waals surface area contributed by atoms with Gasteiger partial charge in [-0.15, -0.1) is 0 Å². The van der Waals surface area contributed by atoms with Crippen molar-refractivity contribution in [3.8, 4) is 11.5 Å². The highest BCUT2D eigenvalue weighted by molar-refractivity contribution is 6.29. The Kier molecular flexibility index (Phi) is 14.4. The van der Waals surface area contributed by atoms with Crippen molar-refractivity contribution in [2.24, 2.45) is 10.7 Å². The first-order valence-electron chi connectivity index (χ1n) is 15.5. The van der Waals surface area contributed by atoms with Crippen LogP contribution in [0.25, 0.3) is 0 Å². The molecule has 44 heavy (non-hydrogen) atoms. The number of allylic oxidation sites excluding steroid dienone is 1. The van der Waals surface area contributed by atoms with E-state index >= 15 is 0 Å². The van der Waals surface area contributed by atoms with Crippen LogP contribution in [0.1, 0.15) is 52.0 Å². The Hall–Kier alpha value is -4.21. The largest absolute Gasteiger partial charge is 0.457 e. The lowest BCUT2D eigenvalue weighted by Gasteiger charge is -2.22. The summed E-state index contributed by atoms with van der Waals surface area (Å²) >= 11 is 0. The van der Waals surface area contributed by atoms with Gasteiger partial charge in [0.2, 0.25) is 5.91 Å². The molecule has 0 bridgehead atoms. The minimum Gasteiger partial charge on any atom is -0.457 e. The normalized spacial score (nSPS) is 17.8. The van der Waals surface area contributed by atoms with E-state index in [0.29, 0.717) is 54.1 Å². The molecule has 1 amide bonds. The molecule has 0 radical (unpaired) electrons. The van der Waals surface area contributed by atoms with Crippen molar-refractivity contribution in [1.29, 1.82) is 5.41 Å². The molecule has 0 aromatic heterocycles. The fourth-order valence-electron chi connectivity index (χ4n) is 4.86. The number of rotatable bonds is 11. The zero-order chi connectivity index (χ0) is 31.7. The topological polar surface area (TPSA) is 125 Å². The molecule has 2 saturated heterocycles. The summed E-state index contributed by atoms with van der Waals surface area (Å²) in [7, 11) is 0. The van der Waals surface area contributed by atoms with Crippen LogP contribution in [0.5, 0.6) is 11.5 Å². The molecule has 2 heterocycles. The molecule has 0 aliphatic carbocycles. The number of amides is 1. The van der Waals surface area contributed by atoms with Crippen molar-refractivity contribution >= 4 is 17.5 Å². The van der Waals surface area contributed by atoms with Crippen LogP contribution in [-0.2, 0) is 9.53 Å². The molecule has 2 aliphatic heterocycles. The van der Waals surface area contributed by atoms with Crippen LogP contribution in [0.15, 0.2) is 95.8 Å². The predicted molar refractivity (Wildman–Crippen MR) is 179 cm³/mol. The number of nitrogens with two attached hydrogens (primary N) is 1. The molecule has 9 heteroatoms. The zero-order valence-electron chi connectivity index (χ0n) is 26.4. The molecule has 1 unspecified atom stereocenters. The van der Waals surface area contributed by atoms with Gasteiger partial charge in [-0.2, -0.15) is 0 Å². The van der Waals surface area contributed by atoms with Crippen molar-refractivity contribution in [2.75, 3.05) is 32.8 Å². The summed E-state index contributed by atoms with van der Waals surface area (Å²) in [6.07, 6.45) is 9.01. The molecule has 2 aromatic rings. The van der Waals surface area contributed by atoms with Crippen LogP contribution in [-0.4, -0.2) is 67.3 Å². The second kappa shape index (κ2) is 18.5. The number of para-hydroxylation sites is 1. The second-order valence-corrected chi connectivity index (χ2v) is 10.8. The lowest BCUT2D eigenvalue weighted by atomic mass is 9.99. The Morgan fingerprint density at radius 3 is 2.41 bits per heavy atom. The summed E-state index contributed by atoms with van der Waals surface area (Å²) in [5, 5.41) is 15.5. The van der Waals surface area contributed by atoms with Crippen LogP contribution in [0.4, 0.5) is 0 Å². The van der Waals surface area contributed by atoms with Crippen molar-refractivity contribution < 1.29 is 14.3 Å². The number of amidine groups is 1. The quantitative estimate of drug-likeness (QED) is 0.152. The predicted octanol–water partition coefficient (Wildman–Crippen LogP) is 5.55. The Balaban J connectivity index is 0.00000169. The van der Waals surface area contributed by atoms with E-state index in [1.165, 1.54) is 12.6 Å². The Labute approximate surface area is 262 Å². The minimum absolute atomic E-state index is 0.0222. The van der Waals surface area contributed by atoms with Crippen molar-refractivity contribution in [1.82, 2.24) is 15.5 Å². The fraction of sp³-hybridized carbons (Fsp3) is 0.400. The highest BCUT2D eigenvalue weighted by Crippen LogP contribution is 2.23. The van der Waals surface area contributed by atoms with Crippen LogP contribution >= 0.6 is 0 Å². The van der Waals surface area contributed by atoms with Crippen LogP contribution in [0.3, 0.4) is 0 Å². The van der Waals surface area contributed by atoms with E-state index in [1.54, 1.807) is 17.9 Å². The first-order chi connectivity index (χ1) is 21.4. The summed E-state index contributed by atoms with van der Waals surface area (Å²) in [6, 6.07) is 17.2. The van der Waals surface area contributed by atoms with Crippen LogP contribution < -0.4 is 21.1 Å². The molecular weight excluding hydrogens is 552 g/mol. The minimum atomic E-state index is -0.126. The highest BCUT2D eigenvalue weighted by atomic mass is 16.5. The number of likely N-dealkylation sites (tertiary alicyclic amines) is 1. The molecule has 0 spiro atoms. The average Bonchev–Trinajstić information content (AvgIpc) is 3.50. The van der Waals surface area contributed by atoms with Gasteiger partial charge in [0.25, 0.3) is 0 Å². The summed E-state index contributed by atoms with van der Waals surface area (Å²) in [5.74, 6) is 1.85. The van der Waals surface area contributed by atoms with Gasteiger partial charge in [-0.3, -0.25) is 15.2 Å². The van der Waals surface area contributed by atoms with Gasteiger partial charge in [0.05, 0.1) is 17.3 Å². The number of benzene rings is 2. The van der Waals surface area contributed by atoms with Gasteiger partial charge in [-0.25, -0.2) is 0 Å². The van der Waals surface area contributed by atoms with Crippen molar-refractivity contribution in [3.63, 3.8) is 0 Å². The monoisotopic (exact) mass is 600 g/mol. The molecule has 9 nitrogen and oxygen atoms in total. The van der Waals surface area contributed by atoms with E-state index in [9.17, 15) is 4.79 Å². The van der Waals surface area contributed by atoms with E-state index in [0.717, 1.165) is 38.2 Å². The first kappa shape index (κ1) is 34.3. The number of carbonyl (C=O) groups excluding carboxylic acids is 1. The third-order valence-corrected chi connectivity index (χ3v) is 7.03. The van der Waals surface area contributed by atoms with E-state index in [4.69, 9.17) is 25.6 Å². The molecule has 2 aromatic carbocycles. The second-order valence-electron chi connectivity index (χ2n) is 10.8. The van der Waals surface area contributed by atoms with Crippen molar-refractivity contribution in [3.05, 3.63) is 96.4 Å². The molecule has 5 N–H and O–H groups in total. The van der Waals surface area contributed by atoms with E-state index in [-0.39, 0.29) is 17.7 Å². The number of nitrogens with one attached hydrogen (secondary N) is 3. The standard InChI is InChI=1S/C32H40N6O3.C3H8/c1-3-35-32(37-26-15-19-38(22-26)29(39)10-7-18-36-25-16-20-40-21-17-25)30(23(2)33)31(34)24-11-13-28(14-12-24)41-27-8-5-4-6-9-27;1-3-2/h3-14,25-26,34,36H,1,15-22,33H2,2H3,(H,35,37);3H2,1-2H3/b10-7+,30-23+,34-31?;. The molecule has 1 atom stereocenters. The maximum Gasteiger partial charge on any atom is 0.246 e. The molecule has 2 aliphatic rings. The van der Waals surface area contributed by atoms with E-state index < -0.39 is 0 Å². The Morgan fingerprint density at radius 2 is 1.77 bits per heavy atom. The summed E-state index contributed by atoms with van der Waals surface area (Å²) in [4.78, 5) is 19.5. The maximum absolute atomic E-state index is 12.8. The molecular formula is C35H48N6O3. The zero-order valence-corrected chi connectivity index (χ0v) is 26.4. The van der Waals surface area contributed by atoms with Gasteiger partial charge in [-0.05, 0) is 68.8 Å². The third-order valence-electron chi connectivity index (χ3n) is 7.03. The van der Waals surface area contributed by atoms with Gasteiger partial charge < -0.3 is 30.7 Å². The summed E-state index contributed by atoms with van der Waals surface area (Å²) in [5.41, 5.74) is 8.13. The lowest BCUT2D eigenvalue weighted by molar-refractivity contribution is -0.125. The Morgan fingerprint density at radius 1 is 1.11 bits per heavy atom. The smallest absolute Gasteiger partial charge is 0.246 e. The van der Waals surface area contributed by atoms with Gasteiger partial charge in [0.15, 0.2) is 0 Å². The number of aliphatic imine (C=N–C) groups is 1. The average molecular weight is 601 g/mol. The number of hydrogen-bond acceptors (Lipinski definition) is 7.